The third-order valence-electron chi connectivity index (χ3n) is 3.18. The Morgan fingerprint density at radius 2 is 2.36 bits per heavy atom. The molecule has 2 fully saturated rings. The van der Waals surface area contributed by atoms with Gasteiger partial charge in [-0.05, 0) is 26.3 Å². The molecule has 0 saturated carbocycles. The van der Waals surface area contributed by atoms with Crippen LogP contribution in [0.1, 0.15) is 19.8 Å². The minimum atomic E-state index is 0.0553. The van der Waals surface area contributed by atoms with Gasteiger partial charge in [-0.15, -0.1) is 0 Å². The van der Waals surface area contributed by atoms with E-state index in [-0.39, 0.29) is 18.0 Å². The first-order chi connectivity index (χ1) is 6.77. The average Bonchev–Trinajstić information content (AvgIpc) is 2.51. The molecule has 1 amide bonds. The monoisotopic (exact) mass is 198 g/mol. The summed E-state index contributed by atoms with van der Waals surface area (Å²) in [6.45, 7) is 4.67. The number of amides is 1. The van der Waals surface area contributed by atoms with Gasteiger partial charge in [0.1, 0.15) is 0 Å². The molecule has 3 atom stereocenters. The lowest BCUT2D eigenvalue weighted by atomic mass is 9.99. The van der Waals surface area contributed by atoms with E-state index in [1.165, 1.54) is 0 Å². The fraction of sp³-hybridized carbons (Fsp3) is 0.900. The second-order valence-corrected chi connectivity index (χ2v) is 4.22. The van der Waals surface area contributed by atoms with E-state index in [1.807, 2.05) is 0 Å². The van der Waals surface area contributed by atoms with Crippen LogP contribution in [0.2, 0.25) is 0 Å². The fourth-order valence-corrected chi connectivity index (χ4v) is 1.90. The SMILES string of the molecule is CC(NC(=O)[C@H]1CCN1)C1CCOC1. The summed E-state index contributed by atoms with van der Waals surface area (Å²) in [6.07, 6.45) is 2.04. The summed E-state index contributed by atoms with van der Waals surface area (Å²) >= 11 is 0. The molecule has 0 bridgehead atoms. The maximum atomic E-state index is 11.6. The first-order valence-corrected chi connectivity index (χ1v) is 5.39. The van der Waals surface area contributed by atoms with Crippen LogP contribution in [0.5, 0.6) is 0 Å². The Morgan fingerprint density at radius 1 is 1.57 bits per heavy atom. The number of hydrogen-bond donors (Lipinski definition) is 2. The van der Waals surface area contributed by atoms with Gasteiger partial charge < -0.3 is 15.4 Å². The number of carbonyl (C=O) groups is 1. The van der Waals surface area contributed by atoms with Crippen molar-refractivity contribution in [3.05, 3.63) is 0 Å². The van der Waals surface area contributed by atoms with E-state index >= 15 is 0 Å². The molecule has 2 heterocycles. The van der Waals surface area contributed by atoms with Crippen molar-refractivity contribution in [1.29, 1.82) is 0 Å². The summed E-state index contributed by atoms with van der Waals surface area (Å²) in [5.74, 6) is 0.648. The zero-order valence-electron chi connectivity index (χ0n) is 8.58. The van der Waals surface area contributed by atoms with Gasteiger partial charge in [0.25, 0.3) is 0 Å². The maximum Gasteiger partial charge on any atom is 0.237 e. The second kappa shape index (κ2) is 4.28. The van der Waals surface area contributed by atoms with Crippen molar-refractivity contribution in [2.45, 2.75) is 31.8 Å². The molecule has 2 saturated heterocycles. The van der Waals surface area contributed by atoms with Crippen molar-refractivity contribution in [3.63, 3.8) is 0 Å². The number of ether oxygens (including phenoxy) is 1. The summed E-state index contributed by atoms with van der Waals surface area (Å²) in [6, 6.07) is 0.298. The standard InChI is InChI=1S/C10H18N2O2/c1-7(8-3-5-14-6-8)12-10(13)9-2-4-11-9/h7-9,11H,2-6H2,1H3,(H,12,13)/t7?,8?,9-/m1/s1. The lowest BCUT2D eigenvalue weighted by molar-refractivity contribution is -0.125. The fourth-order valence-electron chi connectivity index (χ4n) is 1.90. The summed E-state index contributed by atoms with van der Waals surface area (Å²) < 4.78 is 5.29. The molecule has 0 aromatic heterocycles. The topological polar surface area (TPSA) is 50.4 Å². The van der Waals surface area contributed by atoms with Crippen molar-refractivity contribution in [3.8, 4) is 0 Å². The molecule has 4 heteroatoms. The van der Waals surface area contributed by atoms with Crippen LogP contribution in [-0.2, 0) is 9.53 Å². The van der Waals surface area contributed by atoms with Gasteiger partial charge in [0, 0.05) is 18.6 Å². The largest absolute Gasteiger partial charge is 0.381 e. The quantitative estimate of drug-likeness (QED) is 0.665. The van der Waals surface area contributed by atoms with Crippen molar-refractivity contribution >= 4 is 5.91 Å². The lowest BCUT2D eigenvalue weighted by Gasteiger charge is -2.29. The van der Waals surface area contributed by atoms with E-state index < -0.39 is 0 Å². The van der Waals surface area contributed by atoms with Gasteiger partial charge in [-0.3, -0.25) is 4.79 Å². The van der Waals surface area contributed by atoms with E-state index in [4.69, 9.17) is 4.74 Å². The molecule has 2 aliphatic heterocycles. The third kappa shape index (κ3) is 2.07. The zero-order chi connectivity index (χ0) is 9.97. The third-order valence-corrected chi connectivity index (χ3v) is 3.18. The Morgan fingerprint density at radius 3 is 2.86 bits per heavy atom. The molecular weight excluding hydrogens is 180 g/mol. The second-order valence-electron chi connectivity index (χ2n) is 4.22. The van der Waals surface area contributed by atoms with Crippen LogP contribution in [0.3, 0.4) is 0 Å². The highest BCUT2D eigenvalue weighted by Crippen LogP contribution is 2.16. The molecule has 0 aromatic rings. The molecular formula is C10H18N2O2. The molecule has 0 aliphatic carbocycles. The average molecular weight is 198 g/mol. The Balaban J connectivity index is 1.74. The highest BCUT2D eigenvalue weighted by atomic mass is 16.5. The van der Waals surface area contributed by atoms with Crippen molar-refractivity contribution in [2.75, 3.05) is 19.8 Å². The number of carbonyl (C=O) groups excluding carboxylic acids is 1. The molecule has 80 valence electrons. The van der Waals surface area contributed by atoms with E-state index in [2.05, 4.69) is 17.6 Å². The van der Waals surface area contributed by atoms with E-state index in [9.17, 15) is 4.79 Å². The van der Waals surface area contributed by atoms with Gasteiger partial charge in [0.2, 0.25) is 5.91 Å². The molecule has 2 aliphatic rings. The summed E-state index contributed by atoms with van der Waals surface area (Å²) in [5.41, 5.74) is 0. The smallest absolute Gasteiger partial charge is 0.237 e. The minimum Gasteiger partial charge on any atom is -0.381 e. The molecule has 0 spiro atoms. The number of nitrogens with one attached hydrogen (secondary N) is 2. The lowest BCUT2D eigenvalue weighted by Crippen LogP contribution is -2.55. The van der Waals surface area contributed by atoms with Crippen LogP contribution < -0.4 is 10.6 Å². The minimum absolute atomic E-state index is 0.0553. The maximum absolute atomic E-state index is 11.6. The zero-order valence-corrected chi connectivity index (χ0v) is 8.58. The normalized spacial score (nSPS) is 33.5. The van der Waals surface area contributed by atoms with E-state index in [0.717, 1.165) is 32.6 Å². The number of hydrogen-bond acceptors (Lipinski definition) is 3. The summed E-state index contributed by atoms with van der Waals surface area (Å²) in [7, 11) is 0. The van der Waals surface area contributed by atoms with E-state index in [1.54, 1.807) is 0 Å². The predicted octanol–water partition coefficient (Wildman–Crippen LogP) is -0.111. The molecule has 4 nitrogen and oxygen atoms in total. The van der Waals surface area contributed by atoms with Gasteiger partial charge in [0.15, 0.2) is 0 Å². The van der Waals surface area contributed by atoms with Crippen LogP contribution in [0, 0.1) is 5.92 Å². The van der Waals surface area contributed by atoms with Crippen LogP contribution in [-0.4, -0.2) is 37.7 Å². The Bertz CT molecular complexity index is 210. The van der Waals surface area contributed by atoms with Gasteiger partial charge in [0.05, 0.1) is 12.6 Å². The van der Waals surface area contributed by atoms with Crippen molar-refractivity contribution < 1.29 is 9.53 Å². The van der Waals surface area contributed by atoms with Crippen molar-refractivity contribution in [2.24, 2.45) is 5.92 Å². The Hall–Kier alpha value is -0.610. The molecule has 0 radical (unpaired) electrons. The molecule has 2 rings (SSSR count). The Labute approximate surface area is 84.4 Å². The van der Waals surface area contributed by atoms with Gasteiger partial charge in [-0.2, -0.15) is 0 Å². The summed E-state index contributed by atoms with van der Waals surface area (Å²) in [4.78, 5) is 11.6. The van der Waals surface area contributed by atoms with Crippen LogP contribution in [0.15, 0.2) is 0 Å². The van der Waals surface area contributed by atoms with E-state index in [0.29, 0.717) is 5.92 Å². The molecule has 2 N–H and O–H groups in total. The number of rotatable bonds is 3. The molecule has 14 heavy (non-hydrogen) atoms. The predicted molar refractivity (Wildman–Crippen MR) is 52.9 cm³/mol. The van der Waals surface area contributed by atoms with Gasteiger partial charge in [-0.1, -0.05) is 0 Å². The molecule has 2 unspecified atom stereocenters. The summed E-state index contributed by atoms with van der Waals surface area (Å²) in [5, 5.41) is 6.14. The van der Waals surface area contributed by atoms with Crippen LogP contribution >= 0.6 is 0 Å². The van der Waals surface area contributed by atoms with Gasteiger partial charge >= 0.3 is 0 Å². The Kier molecular flexibility index (Phi) is 3.03. The highest BCUT2D eigenvalue weighted by Gasteiger charge is 2.28. The van der Waals surface area contributed by atoms with Crippen LogP contribution in [0.25, 0.3) is 0 Å². The highest BCUT2D eigenvalue weighted by molar-refractivity contribution is 5.82. The first kappa shape index (κ1) is 9.93. The van der Waals surface area contributed by atoms with Gasteiger partial charge in [-0.25, -0.2) is 0 Å². The van der Waals surface area contributed by atoms with Crippen molar-refractivity contribution in [1.82, 2.24) is 10.6 Å². The molecule has 0 aromatic carbocycles. The van der Waals surface area contributed by atoms with Crippen LogP contribution in [0.4, 0.5) is 0 Å². The first-order valence-electron chi connectivity index (χ1n) is 5.39.